The van der Waals surface area contributed by atoms with Gasteiger partial charge >= 0.3 is 0 Å². The zero-order chi connectivity index (χ0) is 20.5. The topological polar surface area (TPSA) is 69.0 Å². The molecule has 0 aliphatic carbocycles. The average molecular weight is 396 g/mol. The van der Waals surface area contributed by atoms with Gasteiger partial charge in [0.25, 0.3) is 0 Å². The number of carbonyl (C=O) groups is 1. The van der Waals surface area contributed by atoms with E-state index in [1.165, 1.54) is 0 Å². The number of fused-ring (bicyclic) bond motifs is 2. The molecular weight excluding hydrogens is 376 g/mol. The van der Waals surface area contributed by atoms with Crippen molar-refractivity contribution in [1.82, 2.24) is 20.1 Å². The van der Waals surface area contributed by atoms with Crippen LogP contribution in [0.1, 0.15) is 22.6 Å². The Labute approximate surface area is 174 Å². The Balaban J connectivity index is 1.35. The van der Waals surface area contributed by atoms with Gasteiger partial charge in [-0.15, -0.1) is 0 Å². The highest BCUT2D eigenvalue weighted by Crippen LogP contribution is 2.43. The Kier molecular flexibility index (Phi) is 4.52. The highest BCUT2D eigenvalue weighted by molar-refractivity contribution is 5.89. The summed E-state index contributed by atoms with van der Waals surface area (Å²) in [6, 6.07) is 19.3. The molecule has 0 radical (unpaired) electrons. The third-order valence-corrected chi connectivity index (χ3v) is 5.23. The number of rotatable bonds is 4. The van der Waals surface area contributed by atoms with E-state index in [-0.39, 0.29) is 5.91 Å². The summed E-state index contributed by atoms with van der Waals surface area (Å²) in [5.41, 5.74) is 4.50. The summed E-state index contributed by atoms with van der Waals surface area (Å²) in [5.74, 6) is 0.973. The second-order valence-electron chi connectivity index (χ2n) is 7.28. The fraction of sp³-hybridized carbons (Fsp3) is 0.125. The summed E-state index contributed by atoms with van der Waals surface area (Å²) in [6.07, 6.45) is 5.49. The van der Waals surface area contributed by atoms with E-state index < -0.39 is 5.92 Å². The number of ether oxygens (including phenoxy) is 1. The van der Waals surface area contributed by atoms with Crippen molar-refractivity contribution in [1.29, 1.82) is 0 Å². The summed E-state index contributed by atoms with van der Waals surface area (Å²) >= 11 is 0. The Morgan fingerprint density at radius 1 is 1.00 bits per heavy atom. The molecule has 2 aromatic heterocycles. The molecule has 1 aliphatic heterocycles. The fourth-order valence-corrected chi connectivity index (χ4v) is 3.74. The number of aryl methyl sites for hydroxylation is 1. The first-order chi connectivity index (χ1) is 14.7. The largest absolute Gasteiger partial charge is 0.457 e. The standard InChI is InChI=1S/C24H20N4O2/c1-28-15-17(14-27-28)20-11-10-16(12-25-20)13-26-24(29)23-18-6-2-4-8-21(18)30-22-9-5-3-7-19(22)23/h2-12,14-15,23H,13H2,1H3,(H,26,29). The second-order valence-corrected chi connectivity index (χ2v) is 7.28. The molecule has 4 aromatic rings. The van der Waals surface area contributed by atoms with E-state index in [9.17, 15) is 4.79 Å². The Morgan fingerprint density at radius 2 is 1.70 bits per heavy atom. The van der Waals surface area contributed by atoms with Crippen LogP contribution in [0.25, 0.3) is 11.3 Å². The van der Waals surface area contributed by atoms with Gasteiger partial charge < -0.3 is 10.1 Å². The summed E-state index contributed by atoms with van der Waals surface area (Å²) < 4.78 is 7.73. The predicted octanol–water partition coefficient (Wildman–Crippen LogP) is 4.04. The molecule has 0 saturated carbocycles. The number of aromatic nitrogens is 3. The van der Waals surface area contributed by atoms with Crippen LogP contribution in [0.3, 0.4) is 0 Å². The average Bonchev–Trinajstić information content (AvgIpc) is 3.22. The fourth-order valence-electron chi connectivity index (χ4n) is 3.74. The van der Waals surface area contributed by atoms with Gasteiger partial charge in [-0.25, -0.2) is 0 Å². The minimum absolute atomic E-state index is 0.0606. The van der Waals surface area contributed by atoms with Gasteiger partial charge in [-0.05, 0) is 23.8 Å². The number of nitrogens with one attached hydrogen (secondary N) is 1. The van der Waals surface area contributed by atoms with Crippen molar-refractivity contribution < 1.29 is 9.53 Å². The number of amides is 1. The Morgan fingerprint density at radius 3 is 2.30 bits per heavy atom. The van der Waals surface area contributed by atoms with Crippen molar-refractivity contribution in [2.75, 3.05) is 0 Å². The third kappa shape index (κ3) is 3.33. The second kappa shape index (κ2) is 7.48. The first kappa shape index (κ1) is 18.1. The molecule has 5 rings (SSSR count). The van der Waals surface area contributed by atoms with E-state index in [1.54, 1.807) is 17.1 Å². The number of benzene rings is 2. The number of hydrogen-bond acceptors (Lipinski definition) is 4. The van der Waals surface area contributed by atoms with Crippen LogP contribution in [0.4, 0.5) is 0 Å². The van der Waals surface area contributed by atoms with Gasteiger partial charge in [0, 0.05) is 42.7 Å². The van der Waals surface area contributed by atoms with Crippen molar-refractivity contribution in [3.63, 3.8) is 0 Å². The number of carbonyl (C=O) groups excluding carboxylic acids is 1. The van der Waals surface area contributed by atoms with Crippen molar-refractivity contribution in [2.45, 2.75) is 12.5 Å². The van der Waals surface area contributed by atoms with E-state index in [0.717, 1.165) is 39.4 Å². The molecule has 148 valence electrons. The molecule has 0 fully saturated rings. The van der Waals surface area contributed by atoms with Crippen molar-refractivity contribution >= 4 is 5.91 Å². The molecule has 2 aromatic carbocycles. The van der Waals surface area contributed by atoms with Crippen LogP contribution in [-0.4, -0.2) is 20.7 Å². The van der Waals surface area contributed by atoms with Gasteiger partial charge in [0.1, 0.15) is 11.5 Å². The van der Waals surface area contributed by atoms with Gasteiger partial charge in [0.05, 0.1) is 17.8 Å². The zero-order valence-electron chi connectivity index (χ0n) is 16.4. The number of pyridine rings is 1. The molecule has 0 atom stereocenters. The van der Waals surface area contributed by atoms with Crippen molar-refractivity contribution in [3.8, 4) is 22.8 Å². The molecule has 6 heteroatoms. The minimum Gasteiger partial charge on any atom is -0.457 e. The minimum atomic E-state index is -0.409. The van der Waals surface area contributed by atoms with Crippen molar-refractivity contribution in [2.24, 2.45) is 7.05 Å². The number of nitrogens with zero attached hydrogens (tertiary/aromatic N) is 3. The van der Waals surface area contributed by atoms with Gasteiger partial charge in [0.2, 0.25) is 5.91 Å². The molecule has 1 N–H and O–H groups in total. The number of para-hydroxylation sites is 2. The molecule has 0 saturated heterocycles. The lowest BCUT2D eigenvalue weighted by Crippen LogP contribution is -2.31. The van der Waals surface area contributed by atoms with E-state index in [2.05, 4.69) is 15.4 Å². The highest BCUT2D eigenvalue weighted by Gasteiger charge is 2.32. The first-order valence-corrected chi connectivity index (χ1v) is 9.76. The third-order valence-electron chi connectivity index (χ3n) is 5.23. The summed E-state index contributed by atoms with van der Waals surface area (Å²) in [5, 5.41) is 7.24. The molecule has 30 heavy (non-hydrogen) atoms. The van der Waals surface area contributed by atoms with E-state index in [1.807, 2.05) is 73.9 Å². The zero-order valence-corrected chi connectivity index (χ0v) is 16.4. The molecule has 0 bridgehead atoms. The lowest BCUT2D eigenvalue weighted by molar-refractivity contribution is -0.122. The maximum absolute atomic E-state index is 13.2. The smallest absolute Gasteiger partial charge is 0.232 e. The van der Waals surface area contributed by atoms with E-state index in [0.29, 0.717) is 6.54 Å². The summed E-state index contributed by atoms with van der Waals surface area (Å²) in [4.78, 5) is 17.7. The van der Waals surface area contributed by atoms with Gasteiger partial charge in [-0.3, -0.25) is 14.5 Å². The highest BCUT2D eigenvalue weighted by atomic mass is 16.5. The van der Waals surface area contributed by atoms with E-state index in [4.69, 9.17) is 4.74 Å². The maximum Gasteiger partial charge on any atom is 0.232 e. The van der Waals surface area contributed by atoms with Crippen LogP contribution in [0.15, 0.2) is 79.3 Å². The lowest BCUT2D eigenvalue weighted by Gasteiger charge is -2.27. The van der Waals surface area contributed by atoms with Crippen LogP contribution < -0.4 is 10.1 Å². The molecule has 3 heterocycles. The quantitative estimate of drug-likeness (QED) is 0.565. The number of hydrogen-bond donors (Lipinski definition) is 1. The summed E-state index contributed by atoms with van der Waals surface area (Å²) in [6.45, 7) is 0.404. The SMILES string of the molecule is Cn1cc(-c2ccc(CNC(=O)C3c4ccccc4Oc4ccccc43)cn2)cn1. The molecule has 1 amide bonds. The molecule has 6 nitrogen and oxygen atoms in total. The van der Waals surface area contributed by atoms with Gasteiger partial charge in [-0.2, -0.15) is 5.10 Å². The normalized spacial score (nSPS) is 12.6. The van der Waals surface area contributed by atoms with Crippen molar-refractivity contribution in [3.05, 3.63) is 95.9 Å². The van der Waals surface area contributed by atoms with Gasteiger partial charge in [-0.1, -0.05) is 42.5 Å². The van der Waals surface area contributed by atoms with Gasteiger partial charge in [0.15, 0.2) is 0 Å². The molecule has 0 unspecified atom stereocenters. The molecular formula is C24H20N4O2. The van der Waals surface area contributed by atoms with Crippen LogP contribution >= 0.6 is 0 Å². The van der Waals surface area contributed by atoms with Crippen LogP contribution in [0.2, 0.25) is 0 Å². The molecule has 0 spiro atoms. The first-order valence-electron chi connectivity index (χ1n) is 9.76. The maximum atomic E-state index is 13.2. The molecule has 1 aliphatic rings. The van der Waals surface area contributed by atoms with Crippen LogP contribution in [0.5, 0.6) is 11.5 Å². The Hall–Kier alpha value is -3.93. The summed E-state index contributed by atoms with van der Waals surface area (Å²) in [7, 11) is 1.88. The predicted molar refractivity (Wildman–Crippen MR) is 113 cm³/mol. The Bertz CT molecular complexity index is 1170. The van der Waals surface area contributed by atoms with Crippen LogP contribution in [0, 0.1) is 0 Å². The lowest BCUT2D eigenvalue weighted by atomic mass is 9.87. The monoisotopic (exact) mass is 396 g/mol. The van der Waals surface area contributed by atoms with Crippen LogP contribution in [-0.2, 0) is 18.4 Å². The van der Waals surface area contributed by atoms with E-state index >= 15 is 0 Å².